The van der Waals surface area contributed by atoms with E-state index in [-0.39, 0.29) is 56.2 Å². The number of nitrogens with zero attached hydrogens (tertiary/aromatic N) is 2. The van der Waals surface area contributed by atoms with Gasteiger partial charge in [-0.2, -0.15) is 0 Å². The maximum atomic E-state index is 12.8. The van der Waals surface area contributed by atoms with Crippen LogP contribution in [0.1, 0.15) is 107 Å². The van der Waals surface area contributed by atoms with Gasteiger partial charge in [0.05, 0.1) is 12.8 Å². The van der Waals surface area contributed by atoms with Gasteiger partial charge >= 0.3 is 11.9 Å². The van der Waals surface area contributed by atoms with Crippen molar-refractivity contribution < 1.29 is 28.6 Å². The maximum Gasteiger partial charge on any atom is 0.367 e. The Balaban J connectivity index is 2.03. The topological polar surface area (TPSA) is 52.6 Å². The molecule has 2 rings (SSSR count). The highest BCUT2D eigenvalue weighted by Gasteiger charge is 2.59. The predicted molar refractivity (Wildman–Crippen MR) is 118 cm³/mol. The molecule has 0 spiro atoms. The Morgan fingerprint density at radius 3 is 1.07 bits per heavy atom. The number of hydrogen-bond acceptors (Lipinski definition) is 4. The summed E-state index contributed by atoms with van der Waals surface area (Å²) in [5.74, 6) is -0.672. The van der Waals surface area contributed by atoms with Gasteiger partial charge in [0.15, 0.2) is 0 Å². The summed E-state index contributed by atoms with van der Waals surface area (Å²) in [7, 11) is 4.00. The number of quaternary nitrogens is 2. The molecular weight excluding hydrogens is 380 g/mol. The molecule has 2 fully saturated rings. The lowest BCUT2D eigenvalue weighted by molar-refractivity contribution is -1.15. The normalized spacial score (nSPS) is 27.7. The fourth-order valence-corrected chi connectivity index (χ4v) is 5.60. The Morgan fingerprint density at radius 1 is 0.600 bits per heavy atom. The van der Waals surface area contributed by atoms with Crippen LogP contribution in [0.25, 0.3) is 0 Å². The van der Waals surface area contributed by atoms with E-state index in [2.05, 4.69) is 55.4 Å². The SMILES string of the molecule is CC1(C)CCCC(C)(C)[N+]1(C)OC(=O)CCC(=O)O[N+]1(C)C(C)(C)CCCC1(C)C. The van der Waals surface area contributed by atoms with Gasteiger partial charge in [0, 0.05) is 25.7 Å². The first kappa shape index (κ1) is 25.1. The van der Waals surface area contributed by atoms with E-state index in [0.29, 0.717) is 0 Å². The average molecular weight is 427 g/mol. The molecule has 0 atom stereocenters. The molecule has 0 amide bonds. The third-order valence-corrected chi connectivity index (χ3v) is 8.88. The molecule has 6 heteroatoms. The van der Waals surface area contributed by atoms with Crippen LogP contribution in [0, 0.1) is 0 Å². The van der Waals surface area contributed by atoms with E-state index in [9.17, 15) is 9.59 Å². The van der Waals surface area contributed by atoms with Gasteiger partial charge in [0.25, 0.3) is 0 Å². The molecule has 6 nitrogen and oxygen atoms in total. The van der Waals surface area contributed by atoms with Crippen molar-refractivity contribution in [3.8, 4) is 0 Å². The van der Waals surface area contributed by atoms with E-state index >= 15 is 0 Å². The number of hydrogen-bond donors (Lipinski definition) is 0. The largest absolute Gasteiger partial charge is 0.367 e. The van der Waals surface area contributed by atoms with Crippen molar-refractivity contribution in [1.29, 1.82) is 0 Å². The van der Waals surface area contributed by atoms with Gasteiger partial charge in [-0.05, 0) is 68.2 Å². The molecule has 0 aromatic carbocycles. The van der Waals surface area contributed by atoms with Crippen molar-refractivity contribution in [2.75, 3.05) is 14.1 Å². The summed E-state index contributed by atoms with van der Waals surface area (Å²) in [5, 5.41) is 0. The fraction of sp³-hybridized carbons (Fsp3) is 0.917. The monoisotopic (exact) mass is 426 g/mol. The van der Waals surface area contributed by atoms with Crippen LogP contribution >= 0.6 is 0 Å². The molecule has 0 unspecified atom stereocenters. The number of rotatable bonds is 5. The van der Waals surface area contributed by atoms with Gasteiger partial charge in [-0.3, -0.25) is 9.68 Å². The molecule has 0 N–H and O–H groups in total. The molecule has 0 radical (unpaired) electrons. The number of carbonyl (C=O) groups excluding carboxylic acids is 2. The van der Waals surface area contributed by atoms with Gasteiger partial charge in [0.2, 0.25) is 0 Å². The minimum atomic E-state index is -0.336. The van der Waals surface area contributed by atoms with E-state index in [4.69, 9.17) is 9.68 Å². The molecule has 2 aliphatic rings. The Bertz CT molecular complexity index is 589. The van der Waals surface area contributed by atoms with Crippen LogP contribution in [0.3, 0.4) is 0 Å². The summed E-state index contributed by atoms with van der Waals surface area (Å²) in [6, 6.07) is 0. The van der Waals surface area contributed by atoms with Gasteiger partial charge in [0.1, 0.15) is 36.3 Å². The van der Waals surface area contributed by atoms with Gasteiger partial charge in [-0.25, -0.2) is 9.59 Å². The van der Waals surface area contributed by atoms with Crippen LogP contribution < -0.4 is 0 Å². The van der Waals surface area contributed by atoms with E-state index in [1.807, 2.05) is 14.1 Å². The average Bonchev–Trinajstić information content (AvgIpc) is 2.56. The molecular formula is C24H46N2O4+2. The van der Waals surface area contributed by atoms with Crippen LogP contribution in [0.2, 0.25) is 0 Å². The number of carbonyl (C=O) groups is 2. The highest BCUT2D eigenvalue weighted by atomic mass is 16.8. The highest BCUT2D eigenvalue weighted by Crippen LogP contribution is 2.46. The van der Waals surface area contributed by atoms with Gasteiger partial charge in [-0.1, -0.05) is 0 Å². The molecule has 2 aliphatic heterocycles. The first-order valence-electron chi connectivity index (χ1n) is 11.6. The Kier molecular flexibility index (Phi) is 6.51. The summed E-state index contributed by atoms with van der Waals surface area (Å²) in [4.78, 5) is 37.6. The van der Waals surface area contributed by atoms with Gasteiger partial charge < -0.3 is 0 Å². The van der Waals surface area contributed by atoms with Gasteiger partial charge in [-0.15, -0.1) is 9.29 Å². The van der Waals surface area contributed by atoms with Crippen molar-refractivity contribution in [3.05, 3.63) is 0 Å². The summed E-state index contributed by atoms with van der Waals surface area (Å²) in [6.07, 6.45) is 6.34. The molecule has 0 saturated carbocycles. The minimum Gasteiger partial charge on any atom is -0.276 e. The molecule has 30 heavy (non-hydrogen) atoms. The highest BCUT2D eigenvalue weighted by molar-refractivity contribution is 5.77. The maximum absolute atomic E-state index is 12.8. The van der Waals surface area contributed by atoms with Crippen molar-refractivity contribution in [2.24, 2.45) is 0 Å². The second-order valence-corrected chi connectivity index (χ2v) is 12.2. The molecule has 0 aliphatic carbocycles. The lowest BCUT2D eigenvalue weighted by Gasteiger charge is -2.55. The summed E-state index contributed by atoms with van der Waals surface area (Å²) in [5.41, 5.74) is -0.673. The Labute approximate surface area is 184 Å². The fourth-order valence-electron chi connectivity index (χ4n) is 5.60. The van der Waals surface area contributed by atoms with E-state index in [0.717, 1.165) is 38.5 Å². The van der Waals surface area contributed by atoms with Crippen LogP contribution in [0.5, 0.6) is 0 Å². The minimum absolute atomic E-state index is 0.0414. The molecule has 0 aromatic heterocycles. The lowest BCUT2D eigenvalue weighted by atomic mass is 9.79. The number of likely N-dealkylation sites (tertiary alicyclic amines) is 2. The van der Waals surface area contributed by atoms with Crippen LogP contribution in [0.15, 0.2) is 0 Å². The molecule has 2 saturated heterocycles. The number of hydroxylamine groups is 6. The quantitative estimate of drug-likeness (QED) is 0.577. The molecule has 2 heterocycles. The van der Waals surface area contributed by atoms with Crippen molar-refractivity contribution >= 4 is 11.9 Å². The van der Waals surface area contributed by atoms with Crippen LogP contribution in [-0.4, -0.2) is 57.5 Å². The molecule has 0 aromatic rings. The smallest absolute Gasteiger partial charge is 0.276 e. The Morgan fingerprint density at radius 2 is 0.833 bits per heavy atom. The third kappa shape index (κ3) is 4.14. The lowest BCUT2D eigenvalue weighted by Crippen LogP contribution is -2.71. The van der Waals surface area contributed by atoms with Crippen LogP contribution in [-0.2, 0) is 19.3 Å². The Hall–Kier alpha value is -1.14. The summed E-state index contributed by atoms with van der Waals surface area (Å²) >= 11 is 0. The van der Waals surface area contributed by atoms with E-state index in [1.54, 1.807) is 0 Å². The zero-order valence-electron chi connectivity index (χ0n) is 21.2. The molecule has 174 valence electrons. The standard InChI is InChI=1S/C24H46N2O4/c1-21(2)15-11-16-22(3,4)25(21,9)29-19(27)13-14-20(28)30-26(10)23(5,6)17-12-18-24(26,7)8/h11-18H2,1-10H3/q+2. The van der Waals surface area contributed by atoms with Crippen molar-refractivity contribution in [1.82, 2.24) is 0 Å². The van der Waals surface area contributed by atoms with Crippen LogP contribution in [0.4, 0.5) is 0 Å². The number of piperidine rings is 2. The summed E-state index contributed by atoms with van der Waals surface area (Å²) < 4.78 is 0.476. The second kappa shape index (κ2) is 7.77. The second-order valence-electron chi connectivity index (χ2n) is 12.2. The zero-order chi connectivity index (χ0) is 23.2. The third-order valence-electron chi connectivity index (χ3n) is 8.88. The molecule has 0 bridgehead atoms. The van der Waals surface area contributed by atoms with Crippen molar-refractivity contribution in [3.63, 3.8) is 0 Å². The predicted octanol–water partition coefficient (Wildman–Crippen LogP) is 5.06. The van der Waals surface area contributed by atoms with Crippen molar-refractivity contribution in [2.45, 2.75) is 129 Å². The zero-order valence-corrected chi connectivity index (χ0v) is 21.2. The first-order chi connectivity index (χ1) is 13.4. The van der Waals surface area contributed by atoms with E-state index < -0.39 is 0 Å². The summed E-state index contributed by atoms with van der Waals surface area (Å²) in [6.45, 7) is 17.2. The first-order valence-corrected chi connectivity index (χ1v) is 11.6. The van der Waals surface area contributed by atoms with E-state index in [1.165, 1.54) is 0 Å².